The molecule has 0 radical (unpaired) electrons. The number of rotatable bonds is 7. The van der Waals surface area contributed by atoms with Crippen molar-refractivity contribution in [3.05, 3.63) is 46.5 Å². The van der Waals surface area contributed by atoms with Gasteiger partial charge in [0.05, 0.1) is 38.3 Å². The van der Waals surface area contributed by atoms with Crippen LogP contribution in [0, 0.1) is 0 Å². The van der Waals surface area contributed by atoms with E-state index in [9.17, 15) is 14.7 Å². The fraction of sp³-hybridized carbons (Fsp3) is 0.391. The summed E-state index contributed by atoms with van der Waals surface area (Å²) in [5.74, 6) is 0.166. The van der Waals surface area contributed by atoms with Crippen LogP contribution in [0.2, 0.25) is 0 Å². The third-order valence-electron chi connectivity index (χ3n) is 5.76. The molecule has 1 unspecified atom stereocenters. The molecule has 2 aromatic carbocycles. The SMILES string of the molecule is COc1ccc2c(c1CC(=O)O)Oc1c(ccc(OC)c1C(N)C(=O)[C@H](C)N)C2(C)C. The summed E-state index contributed by atoms with van der Waals surface area (Å²) in [6, 6.07) is 5.37. The van der Waals surface area contributed by atoms with Crippen molar-refractivity contribution in [2.24, 2.45) is 11.5 Å². The normalized spacial score (nSPS) is 15.7. The summed E-state index contributed by atoms with van der Waals surface area (Å²) in [7, 11) is 2.95. The van der Waals surface area contributed by atoms with Crippen LogP contribution in [-0.4, -0.2) is 37.1 Å². The lowest BCUT2D eigenvalue weighted by atomic mass is 9.73. The Labute approximate surface area is 181 Å². The Bertz CT molecular complexity index is 1040. The van der Waals surface area contributed by atoms with E-state index in [0.29, 0.717) is 34.1 Å². The minimum atomic E-state index is -1.07. The van der Waals surface area contributed by atoms with Crippen molar-refractivity contribution >= 4 is 11.8 Å². The highest BCUT2D eigenvalue weighted by Gasteiger charge is 2.40. The molecule has 1 aliphatic rings. The average Bonchev–Trinajstić information content (AvgIpc) is 2.71. The summed E-state index contributed by atoms with van der Waals surface area (Å²) >= 11 is 0. The molecule has 166 valence electrons. The summed E-state index contributed by atoms with van der Waals surface area (Å²) in [6.45, 7) is 5.57. The number of Topliss-reactive ketones (excluding diaryl/α,β-unsaturated/α-hetero) is 1. The van der Waals surface area contributed by atoms with Crippen LogP contribution in [0.25, 0.3) is 0 Å². The molecule has 8 nitrogen and oxygen atoms in total. The molecule has 1 heterocycles. The van der Waals surface area contributed by atoms with Crippen LogP contribution in [0.5, 0.6) is 23.0 Å². The Morgan fingerprint density at radius 3 is 2.10 bits per heavy atom. The number of fused-ring (bicyclic) bond motifs is 2. The quantitative estimate of drug-likeness (QED) is 0.613. The molecule has 0 amide bonds. The van der Waals surface area contributed by atoms with Crippen molar-refractivity contribution < 1.29 is 28.9 Å². The van der Waals surface area contributed by atoms with E-state index < -0.39 is 23.5 Å². The Hall–Kier alpha value is -3.10. The highest BCUT2D eigenvalue weighted by Crippen LogP contribution is 2.54. The van der Waals surface area contributed by atoms with Crippen LogP contribution in [0.4, 0.5) is 0 Å². The minimum Gasteiger partial charge on any atom is -0.496 e. The lowest BCUT2D eigenvalue weighted by Crippen LogP contribution is -2.36. The Kier molecular flexibility index (Phi) is 5.98. The van der Waals surface area contributed by atoms with Crippen molar-refractivity contribution in [2.75, 3.05) is 14.2 Å². The highest BCUT2D eigenvalue weighted by molar-refractivity contribution is 5.91. The van der Waals surface area contributed by atoms with Gasteiger partial charge in [0.25, 0.3) is 0 Å². The lowest BCUT2D eigenvalue weighted by Gasteiger charge is -2.37. The van der Waals surface area contributed by atoms with E-state index >= 15 is 0 Å². The number of carbonyl (C=O) groups is 2. The number of aliphatic carboxylic acids is 1. The van der Waals surface area contributed by atoms with Gasteiger partial charge in [0.1, 0.15) is 23.0 Å². The first kappa shape index (κ1) is 22.6. The number of hydrogen-bond acceptors (Lipinski definition) is 7. The van der Waals surface area contributed by atoms with E-state index in [1.54, 1.807) is 19.1 Å². The molecule has 3 rings (SSSR count). The zero-order chi connectivity index (χ0) is 23.1. The van der Waals surface area contributed by atoms with Crippen LogP contribution < -0.4 is 25.7 Å². The van der Waals surface area contributed by atoms with Crippen molar-refractivity contribution in [3.63, 3.8) is 0 Å². The molecule has 2 aromatic rings. The predicted octanol–water partition coefficient (Wildman–Crippen LogP) is 2.68. The van der Waals surface area contributed by atoms with Crippen molar-refractivity contribution in [1.82, 2.24) is 0 Å². The molecule has 0 fully saturated rings. The number of benzene rings is 2. The second-order valence-corrected chi connectivity index (χ2v) is 8.15. The number of hydrogen-bond donors (Lipinski definition) is 3. The fourth-order valence-electron chi connectivity index (χ4n) is 4.06. The molecular weight excluding hydrogens is 400 g/mol. The fourth-order valence-corrected chi connectivity index (χ4v) is 4.06. The maximum atomic E-state index is 12.7. The molecular formula is C23H28N2O6. The first-order chi connectivity index (χ1) is 14.5. The number of carboxylic acid groups (broad SMARTS) is 1. The molecule has 31 heavy (non-hydrogen) atoms. The van der Waals surface area contributed by atoms with E-state index in [-0.39, 0.29) is 12.2 Å². The first-order valence-corrected chi connectivity index (χ1v) is 9.90. The number of carbonyl (C=O) groups excluding carboxylic acids is 1. The summed E-state index contributed by atoms with van der Waals surface area (Å²) in [5, 5.41) is 9.46. The second-order valence-electron chi connectivity index (χ2n) is 8.15. The molecule has 0 spiro atoms. The number of ether oxygens (including phenoxy) is 3. The summed E-state index contributed by atoms with van der Waals surface area (Å²) < 4.78 is 17.2. The maximum absolute atomic E-state index is 12.7. The van der Waals surface area contributed by atoms with Gasteiger partial charge in [-0.1, -0.05) is 26.0 Å². The Balaban J connectivity index is 2.32. The Morgan fingerprint density at radius 2 is 1.58 bits per heavy atom. The first-order valence-electron chi connectivity index (χ1n) is 9.90. The summed E-state index contributed by atoms with van der Waals surface area (Å²) in [5.41, 5.74) is 13.9. The number of nitrogens with two attached hydrogens (primary N) is 2. The van der Waals surface area contributed by atoms with Crippen LogP contribution in [-0.2, 0) is 21.4 Å². The number of methoxy groups -OCH3 is 2. The van der Waals surface area contributed by atoms with Gasteiger partial charge >= 0.3 is 5.97 Å². The molecule has 0 bridgehead atoms. The second kappa shape index (κ2) is 8.20. The van der Waals surface area contributed by atoms with E-state index in [4.69, 9.17) is 25.7 Å². The molecule has 1 aliphatic heterocycles. The van der Waals surface area contributed by atoms with Gasteiger partial charge < -0.3 is 30.8 Å². The van der Waals surface area contributed by atoms with Gasteiger partial charge in [0.15, 0.2) is 5.78 Å². The van der Waals surface area contributed by atoms with E-state index in [1.165, 1.54) is 14.2 Å². The van der Waals surface area contributed by atoms with Gasteiger partial charge in [-0.2, -0.15) is 0 Å². The van der Waals surface area contributed by atoms with Gasteiger partial charge in [0.2, 0.25) is 0 Å². The topological polar surface area (TPSA) is 134 Å². The van der Waals surface area contributed by atoms with Crippen molar-refractivity contribution in [1.29, 1.82) is 0 Å². The Morgan fingerprint density at radius 1 is 1.03 bits per heavy atom. The van der Waals surface area contributed by atoms with E-state index in [2.05, 4.69) is 0 Å². The predicted molar refractivity (Wildman–Crippen MR) is 115 cm³/mol. The molecule has 8 heteroatoms. The third-order valence-corrected chi connectivity index (χ3v) is 5.76. The van der Waals surface area contributed by atoms with Gasteiger partial charge in [-0.3, -0.25) is 9.59 Å². The van der Waals surface area contributed by atoms with Gasteiger partial charge in [-0.15, -0.1) is 0 Å². The molecule has 0 aliphatic carbocycles. The molecule has 0 saturated heterocycles. The van der Waals surface area contributed by atoms with Crippen molar-refractivity contribution in [3.8, 4) is 23.0 Å². The maximum Gasteiger partial charge on any atom is 0.308 e. The molecule has 0 aromatic heterocycles. The molecule has 2 atom stereocenters. The van der Waals surface area contributed by atoms with Crippen LogP contribution in [0.3, 0.4) is 0 Å². The van der Waals surface area contributed by atoms with E-state index in [1.807, 2.05) is 26.0 Å². The molecule has 5 N–H and O–H groups in total. The largest absolute Gasteiger partial charge is 0.496 e. The number of carboxylic acids is 1. The van der Waals surface area contributed by atoms with Crippen LogP contribution in [0.15, 0.2) is 24.3 Å². The van der Waals surface area contributed by atoms with E-state index in [0.717, 1.165) is 11.1 Å². The summed E-state index contributed by atoms with van der Waals surface area (Å²) in [6.07, 6.45) is -0.290. The minimum absolute atomic E-state index is 0.290. The molecule has 0 saturated carbocycles. The van der Waals surface area contributed by atoms with Crippen LogP contribution >= 0.6 is 0 Å². The highest BCUT2D eigenvalue weighted by atomic mass is 16.5. The third kappa shape index (κ3) is 3.73. The van der Waals surface area contributed by atoms with Crippen molar-refractivity contribution in [2.45, 2.75) is 44.7 Å². The standard InChI is InChI=1S/C23H28N2O6/c1-11(24)20(28)19(25)18-16(30-5)9-7-14-22(18)31-21-12(10-17(26)27)15(29-4)8-6-13(21)23(14,2)3/h6-9,11,19H,10,24-25H2,1-5H3,(H,26,27)/t11-,19?/m0/s1. The average molecular weight is 428 g/mol. The number of ketones is 1. The zero-order valence-corrected chi connectivity index (χ0v) is 18.3. The monoisotopic (exact) mass is 428 g/mol. The lowest BCUT2D eigenvalue weighted by molar-refractivity contribution is -0.136. The smallest absolute Gasteiger partial charge is 0.308 e. The summed E-state index contributed by atoms with van der Waals surface area (Å²) in [4.78, 5) is 24.2. The van der Waals surface area contributed by atoms with Gasteiger partial charge in [-0.25, -0.2) is 0 Å². The zero-order valence-electron chi connectivity index (χ0n) is 18.3. The van der Waals surface area contributed by atoms with Gasteiger partial charge in [-0.05, 0) is 19.1 Å². The van der Waals surface area contributed by atoms with Crippen LogP contribution in [0.1, 0.15) is 49.1 Å². The van der Waals surface area contributed by atoms with Gasteiger partial charge in [0, 0.05) is 22.1 Å².